The molecule has 3 rings (SSSR count). The van der Waals surface area contributed by atoms with Crippen molar-refractivity contribution in [3.05, 3.63) is 23.8 Å². The summed E-state index contributed by atoms with van der Waals surface area (Å²) in [7, 11) is 0. The van der Waals surface area contributed by atoms with Crippen LogP contribution >= 0.6 is 0 Å². The molecule has 2 aliphatic rings. The van der Waals surface area contributed by atoms with Gasteiger partial charge >= 0.3 is 0 Å². The summed E-state index contributed by atoms with van der Waals surface area (Å²) < 4.78 is 10.9. The molecule has 3 atom stereocenters. The van der Waals surface area contributed by atoms with Gasteiger partial charge in [0.2, 0.25) is 6.79 Å². The summed E-state index contributed by atoms with van der Waals surface area (Å²) in [6, 6.07) is 6.78. The molecule has 0 spiro atoms. The largest absolute Gasteiger partial charge is 0.454 e. The van der Waals surface area contributed by atoms with Crippen molar-refractivity contribution in [3.63, 3.8) is 0 Å². The smallest absolute Gasteiger partial charge is 0.231 e. The van der Waals surface area contributed by atoms with E-state index in [1.54, 1.807) is 0 Å². The molecule has 1 aromatic carbocycles. The normalized spacial score (nSPS) is 24.8. The minimum atomic E-state index is 0.317. The number of likely N-dealkylation sites (tertiary alicyclic amines) is 1. The first-order chi connectivity index (χ1) is 11.2. The Morgan fingerprint density at radius 3 is 2.96 bits per heavy atom. The summed E-state index contributed by atoms with van der Waals surface area (Å²) in [6.45, 7) is 6.39. The van der Waals surface area contributed by atoms with Crippen LogP contribution in [0.15, 0.2) is 18.2 Å². The van der Waals surface area contributed by atoms with Gasteiger partial charge < -0.3 is 14.3 Å². The van der Waals surface area contributed by atoms with Crippen LogP contribution in [0.3, 0.4) is 0 Å². The summed E-state index contributed by atoms with van der Waals surface area (Å²) in [5.41, 5.74) is 1.30. The van der Waals surface area contributed by atoms with Crippen LogP contribution in [-0.4, -0.2) is 37.1 Å². The summed E-state index contributed by atoms with van der Waals surface area (Å²) in [5, 5.41) is 0. The summed E-state index contributed by atoms with van der Waals surface area (Å²) in [5.74, 6) is 2.88. The van der Waals surface area contributed by atoms with Crippen molar-refractivity contribution in [3.8, 4) is 11.5 Å². The molecule has 0 aliphatic carbocycles. The number of fused-ring (bicyclic) bond motifs is 1. The van der Waals surface area contributed by atoms with Crippen molar-refractivity contribution in [2.75, 3.05) is 19.9 Å². The number of aldehydes is 1. The third-order valence-corrected chi connectivity index (χ3v) is 5.16. The number of benzene rings is 1. The van der Waals surface area contributed by atoms with E-state index in [4.69, 9.17) is 9.47 Å². The number of nitrogens with zero attached hydrogens (tertiary/aromatic N) is 1. The Bertz CT molecular complexity index is 545. The van der Waals surface area contributed by atoms with Crippen LogP contribution in [0, 0.1) is 5.92 Å². The maximum Gasteiger partial charge on any atom is 0.231 e. The van der Waals surface area contributed by atoms with Crippen molar-refractivity contribution in [1.82, 2.24) is 4.90 Å². The lowest BCUT2D eigenvalue weighted by Crippen LogP contribution is -2.32. The molecule has 4 nitrogen and oxygen atoms in total. The molecule has 0 aromatic heterocycles. The van der Waals surface area contributed by atoms with Crippen LogP contribution in [0.2, 0.25) is 0 Å². The zero-order chi connectivity index (χ0) is 16.2. The number of hydrogen-bond acceptors (Lipinski definition) is 4. The van der Waals surface area contributed by atoms with Gasteiger partial charge in [0, 0.05) is 12.6 Å². The molecule has 23 heavy (non-hydrogen) atoms. The van der Waals surface area contributed by atoms with Gasteiger partial charge in [0.15, 0.2) is 11.5 Å². The number of carbonyl (C=O) groups excluding carboxylic acids is 1. The van der Waals surface area contributed by atoms with E-state index < -0.39 is 0 Å². The minimum Gasteiger partial charge on any atom is -0.454 e. The van der Waals surface area contributed by atoms with Crippen LogP contribution in [0.4, 0.5) is 0 Å². The van der Waals surface area contributed by atoms with Crippen LogP contribution in [-0.2, 0) is 4.79 Å². The number of hydrogen-bond donors (Lipinski definition) is 0. The predicted octanol–water partition coefficient (Wildman–Crippen LogP) is 3.60. The third-order valence-electron chi connectivity index (χ3n) is 5.16. The summed E-state index contributed by atoms with van der Waals surface area (Å²) in [4.78, 5) is 13.4. The highest BCUT2D eigenvalue weighted by molar-refractivity contribution is 5.52. The molecule has 1 fully saturated rings. The second-order valence-electron chi connectivity index (χ2n) is 6.95. The van der Waals surface area contributed by atoms with Crippen LogP contribution in [0.25, 0.3) is 0 Å². The fraction of sp³-hybridized carbons (Fsp3) is 0.632. The molecule has 4 heteroatoms. The van der Waals surface area contributed by atoms with Crippen molar-refractivity contribution >= 4 is 6.29 Å². The van der Waals surface area contributed by atoms with E-state index in [0.29, 0.717) is 25.3 Å². The van der Waals surface area contributed by atoms with E-state index in [1.807, 2.05) is 6.07 Å². The van der Waals surface area contributed by atoms with Crippen molar-refractivity contribution < 1.29 is 14.3 Å². The topological polar surface area (TPSA) is 38.8 Å². The highest BCUT2D eigenvalue weighted by Gasteiger charge is 2.33. The van der Waals surface area contributed by atoms with Gasteiger partial charge in [-0.3, -0.25) is 4.90 Å². The van der Waals surface area contributed by atoms with Gasteiger partial charge in [-0.05, 0) is 42.4 Å². The van der Waals surface area contributed by atoms with E-state index in [-0.39, 0.29) is 0 Å². The zero-order valence-corrected chi connectivity index (χ0v) is 14.2. The van der Waals surface area contributed by atoms with E-state index >= 15 is 0 Å². The first-order valence-electron chi connectivity index (χ1n) is 8.78. The summed E-state index contributed by atoms with van der Waals surface area (Å²) in [6.07, 6.45) is 5.84. The second-order valence-corrected chi connectivity index (χ2v) is 6.95. The molecule has 0 amide bonds. The van der Waals surface area contributed by atoms with Crippen LogP contribution in [0.1, 0.15) is 51.0 Å². The molecule has 0 bridgehead atoms. The monoisotopic (exact) mass is 317 g/mol. The first kappa shape index (κ1) is 16.3. The van der Waals surface area contributed by atoms with Crippen molar-refractivity contribution in [2.45, 2.75) is 51.5 Å². The van der Waals surface area contributed by atoms with E-state index in [2.05, 4.69) is 30.9 Å². The molecule has 0 radical (unpaired) electrons. The minimum absolute atomic E-state index is 0.317. The maximum atomic E-state index is 11.0. The highest BCUT2D eigenvalue weighted by atomic mass is 16.7. The van der Waals surface area contributed by atoms with Crippen LogP contribution in [0.5, 0.6) is 11.5 Å². The third kappa shape index (κ3) is 3.69. The standard InChI is InChI=1S/C19H27NO3/c1-3-4-14(2)9-17-10-16(12-20(17)7-8-21)15-5-6-18-19(11-15)23-13-22-18/h5-6,8,11,14,16-17H,3-4,7,9-10,12-13H2,1-2H3/t14?,16?,17-/m0/s1. The highest BCUT2D eigenvalue weighted by Crippen LogP contribution is 2.39. The quantitative estimate of drug-likeness (QED) is 0.720. The van der Waals surface area contributed by atoms with E-state index in [0.717, 1.165) is 36.7 Å². The van der Waals surface area contributed by atoms with Gasteiger partial charge in [-0.25, -0.2) is 0 Å². The average Bonchev–Trinajstić information content (AvgIpc) is 3.14. The van der Waals surface area contributed by atoms with E-state index in [9.17, 15) is 4.79 Å². The lowest BCUT2D eigenvalue weighted by molar-refractivity contribution is -0.109. The molecule has 0 saturated carbocycles. The molecule has 0 N–H and O–H groups in total. The lowest BCUT2D eigenvalue weighted by Gasteiger charge is -2.24. The zero-order valence-electron chi connectivity index (χ0n) is 14.2. The fourth-order valence-electron chi connectivity index (χ4n) is 4.03. The molecule has 1 saturated heterocycles. The molecule has 1 aromatic rings. The second kappa shape index (κ2) is 7.35. The predicted molar refractivity (Wildman–Crippen MR) is 90.0 cm³/mol. The molecule has 2 aliphatic heterocycles. The van der Waals surface area contributed by atoms with Gasteiger partial charge in [-0.1, -0.05) is 32.8 Å². The van der Waals surface area contributed by atoms with Gasteiger partial charge in [0.1, 0.15) is 6.29 Å². The summed E-state index contributed by atoms with van der Waals surface area (Å²) >= 11 is 0. The van der Waals surface area contributed by atoms with Gasteiger partial charge in [0.25, 0.3) is 0 Å². The van der Waals surface area contributed by atoms with E-state index in [1.165, 1.54) is 24.8 Å². The number of rotatable bonds is 7. The Labute approximate surface area is 138 Å². The average molecular weight is 317 g/mol. The molecule has 2 unspecified atom stereocenters. The molecule has 126 valence electrons. The van der Waals surface area contributed by atoms with Gasteiger partial charge in [-0.2, -0.15) is 0 Å². The Hall–Kier alpha value is -1.55. The Morgan fingerprint density at radius 2 is 2.17 bits per heavy atom. The van der Waals surface area contributed by atoms with Gasteiger partial charge in [0.05, 0.1) is 6.54 Å². The Kier molecular flexibility index (Phi) is 5.21. The van der Waals surface area contributed by atoms with Crippen LogP contribution < -0.4 is 9.47 Å². The number of ether oxygens (including phenoxy) is 2. The van der Waals surface area contributed by atoms with Crippen molar-refractivity contribution in [1.29, 1.82) is 0 Å². The maximum absolute atomic E-state index is 11.0. The Morgan fingerprint density at radius 1 is 1.35 bits per heavy atom. The first-order valence-corrected chi connectivity index (χ1v) is 8.78. The van der Waals surface area contributed by atoms with Gasteiger partial charge in [-0.15, -0.1) is 0 Å². The Balaban J connectivity index is 1.70. The lowest BCUT2D eigenvalue weighted by atomic mass is 9.91. The molecule has 2 heterocycles. The molecular formula is C19H27NO3. The fourth-order valence-corrected chi connectivity index (χ4v) is 4.03. The SMILES string of the molecule is CCCC(C)C[C@H]1CC(c2ccc3c(c2)OCO3)CN1CC=O. The molecular weight excluding hydrogens is 290 g/mol. The number of carbonyl (C=O) groups is 1. The van der Waals surface area contributed by atoms with Crippen molar-refractivity contribution in [2.24, 2.45) is 5.92 Å².